The Labute approximate surface area is 198 Å². The maximum absolute atomic E-state index is 13.4. The van der Waals surface area contributed by atoms with Crippen molar-refractivity contribution in [1.29, 1.82) is 0 Å². The van der Waals surface area contributed by atoms with Crippen LogP contribution < -0.4 is 16.1 Å². The summed E-state index contributed by atoms with van der Waals surface area (Å²) in [6.07, 6.45) is 6.99. The molecule has 0 aromatic heterocycles. The van der Waals surface area contributed by atoms with Crippen LogP contribution in [0.4, 0.5) is 10.1 Å². The molecule has 1 aliphatic carbocycles. The fraction of sp³-hybridized carbons (Fsp3) is 0.346. The summed E-state index contributed by atoms with van der Waals surface area (Å²) < 4.78 is 13.4. The molecular weight excluding hydrogens is 437 g/mol. The number of hydrogen-bond acceptors (Lipinski definition) is 4. The first-order valence-corrected chi connectivity index (χ1v) is 11.5. The highest BCUT2D eigenvalue weighted by Crippen LogP contribution is 2.25. The van der Waals surface area contributed by atoms with Crippen LogP contribution in [0.3, 0.4) is 0 Å². The second-order valence-electron chi connectivity index (χ2n) is 8.49. The van der Waals surface area contributed by atoms with Crippen LogP contribution in [0.25, 0.3) is 11.6 Å². The molecular formula is C26H30FN3O4. The number of unbranched alkanes of at least 4 members (excludes halogenated alkanes) is 3. The Bertz CT molecular complexity index is 1030. The first-order valence-electron chi connectivity index (χ1n) is 11.5. The summed E-state index contributed by atoms with van der Waals surface area (Å²) in [5, 5.41) is 13.8. The number of halogens is 1. The molecule has 3 amide bonds. The lowest BCUT2D eigenvalue weighted by Gasteiger charge is -2.15. The van der Waals surface area contributed by atoms with Gasteiger partial charge >= 0.3 is 0 Å². The van der Waals surface area contributed by atoms with Crippen molar-refractivity contribution in [3.05, 3.63) is 65.5 Å². The van der Waals surface area contributed by atoms with E-state index in [1.165, 1.54) is 12.1 Å². The van der Waals surface area contributed by atoms with Crippen LogP contribution in [0.5, 0.6) is 0 Å². The zero-order chi connectivity index (χ0) is 24.5. The molecule has 0 heterocycles. The van der Waals surface area contributed by atoms with Crippen molar-refractivity contribution in [3.63, 3.8) is 0 Å². The van der Waals surface area contributed by atoms with Gasteiger partial charge in [0.1, 0.15) is 5.82 Å². The molecule has 0 spiro atoms. The molecule has 0 bridgehead atoms. The summed E-state index contributed by atoms with van der Waals surface area (Å²) in [4.78, 5) is 35.7. The van der Waals surface area contributed by atoms with E-state index in [4.69, 9.17) is 5.73 Å². The van der Waals surface area contributed by atoms with Gasteiger partial charge < -0.3 is 11.1 Å². The number of primary amides is 1. The van der Waals surface area contributed by atoms with Gasteiger partial charge in [0.2, 0.25) is 5.91 Å². The van der Waals surface area contributed by atoms with Crippen molar-refractivity contribution in [2.24, 2.45) is 5.73 Å². The number of rotatable bonds is 12. The third-order valence-electron chi connectivity index (χ3n) is 5.56. The predicted molar refractivity (Wildman–Crippen MR) is 128 cm³/mol. The number of carbonyl (C=O) groups is 3. The Balaban J connectivity index is 1.62. The molecule has 0 aliphatic heterocycles. The highest BCUT2D eigenvalue weighted by molar-refractivity contribution is 6.24. The van der Waals surface area contributed by atoms with E-state index in [1.807, 2.05) is 0 Å². The van der Waals surface area contributed by atoms with Gasteiger partial charge in [-0.15, -0.1) is 0 Å². The first-order chi connectivity index (χ1) is 16.3. The van der Waals surface area contributed by atoms with E-state index in [9.17, 15) is 24.0 Å². The molecule has 0 saturated heterocycles. The van der Waals surface area contributed by atoms with Crippen molar-refractivity contribution in [1.82, 2.24) is 5.32 Å². The van der Waals surface area contributed by atoms with Crippen molar-refractivity contribution >= 4 is 35.1 Å². The summed E-state index contributed by atoms with van der Waals surface area (Å²) in [6, 6.07) is 12.5. The normalized spacial score (nSPS) is 13.4. The van der Waals surface area contributed by atoms with E-state index < -0.39 is 5.91 Å². The largest absolute Gasteiger partial charge is 0.370 e. The molecule has 0 radical (unpaired) electrons. The molecule has 180 valence electrons. The van der Waals surface area contributed by atoms with Gasteiger partial charge in [-0.05, 0) is 67.2 Å². The van der Waals surface area contributed by atoms with Crippen LogP contribution in [0.2, 0.25) is 0 Å². The van der Waals surface area contributed by atoms with Gasteiger partial charge in [-0.25, -0.2) is 4.39 Å². The molecule has 3 rings (SSSR count). The second-order valence-corrected chi connectivity index (χ2v) is 8.49. The fourth-order valence-corrected chi connectivity index (χ4v) is 3.46. The van der Waals surface area contributed by atoms with Crippen molar-refractivity contribution < 1.29 is 24.0 Å². The Morgan fingerprint density at radius 2 is 1.59 bits per heavy atom. The van der Waals surface area contributed by atoms with Gasteiger partial charge in [-0.1, -0.05) is 37.1 Å². The molecule has 1 fully saturated rings. The Kier molecular flexibility index (Phi) is 8.93. The standard InChI is InChI=1S/C26H30FN3O4/c27-20-11-9-19(10-12-20)23(26(33)29-21-13-14-21)17-18-7-15-22(16-8-18)30(34)25(32)6-4-2-1-3-5-24(28)31/h7-12,15-17,21,34H,1-6,13-14H2,(H2,28,31)(H,29,33)/b23-17-. The Morgan fingerprint density at radius 3 is 2.18 bits per heavy atom. The summed E-state index contributed by atoms with van der Waals surface area (Å²) in [6.45, 7) is 0. The smallest absolute Gasteiger partial charge is 0.252 e. The number of hydroxylamine groups is 1. The average molecular weight is 468 g/mol. The summed E-state index contributed by atoms with van der Waals surface area (Å²) in [5.74, 6) is -1.36. The second kappa shape index (κ2) is 12.1. The lowest BCUT2D eigenvalue weighted by atomic mass is 10.0. The third-order valence-corrected chi connectivity index (χ3v) is 5.56. The number of nitrogens with zero attached hydrogens (tertiary/aromatic N) is 1. The number of benzene rings is 2. The van der Waals surface area contributed by atoms with Crippen LogP contribution in [0.1, 0.15) is 62.5 Å². The van der Waals surface area contributed by atoms with E-state index in [-0.39, 0.29) is 30.1 Å². The average Bonchev–Trinajstić information content (AvgIpc) is 3.64. The molecule has 0 unspecified atom stereocenters. The van der Waals surface area contributed by atoms with Gasteiger partial charge in [0, 0.05) is 24.5 Å². The van der Waals surface area contributed by atoms with Crippen LogP contribution in [-0.4, -0.2) is 29.0 Å². The topological polar surface area (TPSA) is 113 Å². The third kappa shape index (κ3) is 7.81. The lowest BCUT2D eigenvalue weighted by Crippen LogP contribution is -2.26. The summed E-state index contributed by atoms with van der Waals surface area (Å²) in [5.41, 5.74) is 7.12. The highest BCUT2D eigenvalue weighted by Gasteiger charge is 2.25. The SMILES string of the molecule is NC(=O)CCCCCCC(=O)N(O)c1ccc(/C=C(\C(=O)NC2CC2)c2ccc(F)cc2)cc1. The molecule has 0 atom stereocenters. The molecule has 7 nitrogen and oxygen atoms in total. The van der Waals surface area contributed by atoms with Gasteiger partial charge in [0.15, 0.2) is 0 Å². The van der Waals surface area contributed by atoms with Crippen LogP contribution in [-0.2, 0) is 14.4 Å². The molecule has 4 N–H and O–H groups in total. The Morgan fingerprint density at radius 1 is 0.971 bits per heavy atom. The minimum absolute atomic E-state index is 0.177. The van der Waals surface area contributed by atoms with Gasteiger partial charge in [-0.3, -0.25) is 19.6 Å². The molecule has 8 heteroatoms. The van der Waals surface area contributed by atoms with Crippen molar-refractivity contribution in [2.45, 2.75) is 57.4 Å². The fourth-order valence-electron chi connectivity index (χ4n) is 3.46. The minimum Gasteiger partial charge on any atom is -0.370 e. The highest BCUT2D eigenvalue weighted by atomic mass is 19.1. The van der Waals surface area contributed by atoms with E-state index in [0.29, 0.717) is 46.7 Å². The lowest BCUT2D eigenvalue weighted by molar-refractivity contribution is -0.123. The number of amides is 3. The van der Waals surface area contributed by atoms with E-state index in [1.54, 1.807) is 42.5 Å². The maximum Gasteiger partial charge on any atom is 0.252 e. The monoisotopic (exact) mass is 467 g/mol. The molecule has 1 aliphatic rings. The van der Waals surface area contributed by atoms with Crippen molar-refractivity contribution in [2.75, 3.05) is 5.06 Å². The van der Waals surface area contributed by atoms with Crippen molar-refractivity contribution in [3.8, 4) is 0 Å². The van der Waals surface area contributed by atoms with Crippen LogP contribution in [0.15, 0.2) is 48.5 Å². The number of hydrogen-bond donors (Lipinski definition) is 3. The zero-order valence-corrected chi connectivity index (χ0v) is 19.0. The van der Waals surface area contributed by atoms with Gasteiger partial charge in [-0.2, -0.15) is 5.06 Å². The zero-order valence-electron chi connectivity index (χ0n) is 19.0. The molecule has 2 aromatic carbocycles. The number of nitrogens with one attached hydrogen (secondary N) is 1. The van der Waals surface area contributed by atoms with E-state index >= 15 is 0 Å². The number of carbonyl (C=O) groups excluding carboxylic acids is 3. The number of nitrogens with two attached hydrogens (primary N) is 1. The molecule has 2 aromatic rings. The van der Waals surface area contributed by atoms with Gasteiger partial charge in [0.05, 0.1) is 5.69 Å². The number of anilines is 1. The molecule has 1 saturated carbocycles. The van der Waals surface area contributed by atoms with Crippen LogP contribution in [0, 0.1) is 5.82 Å². The first kappa shape index (κ1) is 25.1. The molecule has 34 heavy (non-hydrogen) atoms. The predicted octanol–water partition coefficient (Wildman–Crippen LogP) is 4.19. The van der Waals surface area contributed by atoms with Gasteiger partial charge in [0.25, 0.3) is 11.8 Å². The van der Waals surface area contributed by atoms with Crippen LogP contribution >= 0.6 is 0 Å². The summed E-state index contributed by atoms with van der Waals surface area (Å²) in [7, 11) is 0. The van der Waals surface area contributed by atoms with E-state index in [0.717, 1.165) is 25.7 Å². The minimum atomic E-state index is -0.422. The maximum atomic E-state index is 13.4. The summed E-state index contributed by atoms with van der Waals surface area (Å²) >= 11 is 0. The quantitative estimate of drug-likeness (QED) is 0.143. The van der Waals surface area contributed by atoms with E-state index in [2.05, 4.69) is 5.32 Å². The Hall–Kier alpha value is -3.52.